The number of fused-ring (bicyclic) bond motifs is 18. The van der Waals surface area contributed by atoms with Crippen LogP contribution in [-0.4, -0.2) is 28.7 Å². The van der Waals surface area contributed by atoms with Crippen molar-refractivity contribution in [2.75, 3.05) is 0 Å². The van der Waals surface area contributed by atoms with E-state index in [1.54, 1.807) is 0 Å². The van der Waals surface area contributed by atoms with Crippen molar-refractivity contribution in [1.29, 1.82) is 0 Å². The van der Waals surface area contributed by atoms with Crippen molar-refractivity contribution >= 4 is 65.4 Å². The Hall–Kier alpha value is -12.5. The van der Waals surface area contributed by atoms with Gasteiger partial charge in [-0.1, -0.05) is 254 Å². The molecule has 4 heterocycles. The topological polar surface area (TPSA) is 53.5 Å². The molecule has 4 aromatic heterocycles. The standard InChI is InChI=1S/C96H68N6/c1-94(2)79-31-13-7-25-67(79)73-51-59(37-43-82(73)94)62-40-46-88-76(54-62)70-28-10-16-34-85(70)100(88)66-24-20-22-58(50-66)57-21-19-23-65(49-57)91-97-92(101-86-35-17-11-29-71(86)77-55-63(41-47-89(77)101)60-38-44-83-74(52-60)68-26-8-14-32-80(68)95(83,3)4)99-93(98-91)102-87-36-18-12-30-72(87)78-56-64(42-48-90(78)102)61-39-45-84-75(53-61)69-27-9-15-33-81(69)96(84,5)6/h7-56H,1-6H3. The first-order valence-electron chi connectivity index (χ1n) is 35.6. The quantitative estimate of drug-likeness (QED) is 0.152. The summed E-state index contributed by atoms with van der Waals surface area (Å²) in [5, 5.41) is 6.91. The smallest absolute Gasteiger partial charge is 0.240 e. The van der Waals surface area contributed by atoms with Gasteiger partial charge < -0.3 is 4.57 Å². The molecule has 14 aromatic carbocycles. The van der Waals surface area contributed by atoms with Crippen molar-refractivity contribution in [3.63, 3.8) is 0 Å². The summed E-state index contributed by atoms with van der Waals surface area (Å²) in [5.41, 5.74) is 33.4. The molecule has 482 valence electrons. The van der Waals surface area contributed by atoms with Crippen molar-refractivity contribution in [1.82, 2.24) is 28.7 Å². The Balaban J connectivity index is 0.712. The maximum atomic E-state index is 5.67. The average molecular weight is 1310 g/mol. The number of para-hydroxylation sites is 3. The third-order valence-electron chi connectivity index (χ3n) is 23.3. The number of hydrogen-bond acceptors (Lipinski definition) is 3. The summed E-state index contributed by atoms with van der Waals surface area (Å²) < 4.78 is 6.92. The van der Waals surface area contributed by atoms with Gasteiger partial charge in [-0.05, 0) is 202 Å². The number of rotatable bonds is 8. The third kappa shape index (κ3) is 8.38. The summed E-state index contributed by atoms with van der Waals surface area (Å²) in [6.07, 6.45) is 0. The van der Waals surface area contributed by atoms with E-state index in [0.717, 1.165) is 88.1 Å². The molecule has 21 rings (SSSR count). The molecule has 0 amide bonds. The molecule has 3 aliphatic carbocycles. The molecular weight excluding hydrogens is 1240 g/mol. The van der Waals surface area contributed by atoms with Crippen LogP contribution in [0.3, 0.4) is 0 Å². The summed E-state index contributed by atoms with van der Waals surface area (Å²) in [4.78, 5) is 16.9. The molecule has 102 heavy (non-hydrogen) atoms. The highest BCUT2D eigenvalue weighted by molar-refractivity contribution is 6.13. The molecule has 0 bridgehead atoms. The monoisotopic (exact) mass is 1300 g/mol. The molecule has 0 atom stereocenters. The molecule has 18 aromatic rings. The van der Waals surface area contributed by atoms with E-state index < -0.39 is 0 Å². The number of benzene rings is 14. The van der Waals surface area contributed by atoms with Crippen LogP contribution in [0.4, 0.5) is 0 Å². The van der Waals surface area contributed by atoms with Gasteiger partial charge in [-0.2, -0.15) is 15.0 Å². The van der Waals surface area contributed by atoms with Gasteiger partial charge in [0.05, 0.1) is 33.1 Å². The third-order valence-corrected chi connectivity index (χ3v) is 23.3. The zero-order chi connectivity index (χ0) is 68.1. The van der Waals surface area contributed by atoms with Crippen LogP contribution in [0.2, 0.25) is 0 Å². The van der Waals surface area contributed by atoms with E-state index in [2.05, 4.69) is 359 Å². The SMILES string of the molecule is CC1(C)c2ccccc2-c2cc(-c3ccc4c(c3)c3ccccc3n4-c3cccc(-c4cccc(-c5nc(-n6c7ccccc7c7cc(-c8ccc9c(c8)-c8ccccc8C9(C)C)ccc76)nc(-n6c7ccccc7c7cc(-c8ccc9c(c8)-c8ccccc8C9(C)C)ccc76)n5)c4)c3)ccc21. The fourth-order valence-electron chi connectivity index (χ4n) is 18.2. The predicted molar refractivity (Wildman–Crippen MR) is 423 cm³/mol. The summed E-state index contributed by atoms with van der Waals surface area (Å²) in [5.74, 6) is 1.62. The second kappa shape index (κ2) is 21.3. The predicted octanol–water partition coefficient (Wildman–Crippen LogP) is 24.4. The summed E-state index contributed by atoms with van der Waals surface area (Å²) >= 11 is 0. The zero-order valence-electron chi connectivity index (χ0n) is 57.6. The number of aromatic nitrogens is 6. The lowest BCUT2D eigenvalue weighted by molar-refractivity contribution is 0.660. The van der Waals surface area contributed by atoms with Crippen LogP contribution in [0.25, 0.3) is 172 Å². The molecule has 6 heteroatoms. The lowest BCUT2D eigenvalue weighted by Gasteiger charge is -2.21. The van der Waals surface area contributed by atoms with E-state index in [-0.39, 0.29) is 16.2 Å². The summed E-state index contributed by atoms with van der Waals surface area (Å²) in [7, 11) is 0. The molecule has 0 unspecified atom stereocenters. The largest absolute Gasteiger partial charge is 0.309 e. The van der Waals surface area contributed by atoms with Gasteiger partial charge in [0.2, 0.25) is 11.9 Å². The summed E-state index contributed by atoms with van der Waals surface area (Å²) in [6.45, 7) is 14.1. The van der Waals surface area contributed by atoms with E-state index in [9.17, 15) is 0 Å². The molecule has 0 radical (unpaired) electrons. The van der Waals surface area contributed by atoms with Crippen molar-refractivity contribution in [3.05, 3.63) is 337 Å². The van der Waals surface area contributed by atoms with Gasteiger partial charge in [0.15, 0.2) is 5.82 Å². The van der Waals surface area contributed by atoms with Crippen LogP contribution < -0.4 is 0 Å². The van der Waals surface area contributed by atoms with Gasteiger partial charge in [-0.3, -0.25) is 9.13 Å². The molecular formula is C96H68N6. The van der Waals surface area contributed by atoms with Crippen molar-refractivity contribution in [2.45, 2.75) is 57.8 Å². The molecule has 6 nitrogen and oxygen atoms in total. The van der Waals surface area contributed by atoms with Crippen LogP contribution in [-0.2, 0) is 16.2 Å². The lowest BCUT2D eigenvalue weighted by Crippen LogP contribution is -2.14. The van der Waals surface area contributed by atoms with Gasteiger partial charge >= 0.3 is 0 Å². The fourth-order valence-corrected chi connectivity index (χ4v) is 18.2. The minimum atomic E-state index is -0.0788. The van der Waals surface area contributed by atoms with E-state index in [1.165, 1.54) is 99.8 Å². The number of nitrogens with zero attached hydrogens (tertiary/aromatic N) is 6. The Morgan fingerprint density at radius 3 is 0.941 bits per heavy atom. The second-order valence-electron chi connectivity index (χ2n) is 29.9. The van der Waals surface area contributed by atoms with E-state index in [0.29, 0.717) is 17.7 Å². The number of hydrogen-bond donors (Lipinski definition) is 0. The lowest BCUT2D eigenvalue weighted by atomic mass is 9.82. The minimum Gasteiger partial charge on any atom is -0.309 e. The van der Waals surface area contributed by atoms with Gasteiger partial charge in [-0.25, -0.2) is 0 Å². The molecule has 0 aliphatic heterocycles. The fraction of sp³-hybridized carbons (Fsp3) is 0.0938. The highest BCUT2D eigenvalue weighted by atomic mass is 15.3. The Morgan fingerprint density at radius 2 is 0.510 bits per heavy atom. The maximum absolute atomic E-state index is 5.67. The van der Waals surface area contributed by atoms with Crippen molar-refractivity contribution < 1.29 is 0 Å². The first-order chi connectivity index (χ1) is 49.8. The molecule has 0 saturated heterocycles. The Bertz CT molecular complexity index is 6440. The van der Waals surface area contributed by atoms with E-state index in [4.69, 9.17) is 15.0 Å². The first-order valence-corrected chi connectivity index (χ1v) is 35.6. The van der Waals surface area contributed by atoms with Gasteiger partial charge in [0, 0.05) is 59.8 Å². The molecule has 0 saturated carbocycles. The maximum Gasteiger partial charge on any atom is 0.240 e. The van der Waals surface area contributed by atoms with Crippen LogP contribution in [0.15, 0.2) is 303 Å². The van der Waals surface area contributed by atoms with Gasteiger partial charge in [0.1, 0.15) is 0 Å². The Morgan fingerprint density at radius 1 is 0.206 bits per heavy atom. The van der Waals surface area contributed by atoms with Crippen LogP contribution in [0.5, 0.6) is 0 Å². The Kier molecular flexibility index (Phi) is 12.2. The minimum absolute atomic E-state index is 0.0484. The zero-order valence-corrected chi connectivity index (χ0v) is 57.6. The van der Waals surface area contributed by atoms with Crippen molar-refractivity contribution in [3.8, 4) is 107 Å². The highest BCUT2D eigenvalue weighted by Gasteiger charge is 2.38. The van der Waals surface area contributed by atoms with Crippen LogP contribution >= 0.6 is 0 Å². The molecule has 0 spiro atoms. The van der Waals surface area contributed by atoms with Crippen LogP contribution in [0.1, 0.15) is 74.9 Å². The molecule has 3 aliphatic rings. The first kappa shape index (κ1) is 58.5. The van der Waals surface area contributed by atoms with E-state index in [1.807, 2.05) is 0 Å². The van der Waals surface area contributed by atoms with Gasteiger partial charge in [0.25, 0.3) is 0 Å². The van der Waals surface area contributed by atoms with Gasteiger partial charge in [-0.15, -0.1) is 0 Å². The second-order valence-corrected chi connectivity index (χ2v) is 29.9. The Labute approximate surface area is 591 Å². The highest BCUT2D eigenvalue weighted by Crippen LogP contribution is 2.53. The average Bonchev–Trinajstić information content (AvgIpc) is 1.63. The normalized spacial score (nSPS) is 14.2. The van der Waals surface area contributed by atoms with Crippen molar-refractivity contribution in [2.24, 2.45) is 0 Å². The summed E-state index contributed by atoms with van der Waals surface area (Å²) in [6, 6.07) is 113. The van der Waals surface area contributed by atoms with E-state index >= 15 is 0 Å². The van der Waals surface area contributed by atoms with Crippen LogP contribution in [0, 0.1) is 0 Å². The molecule has 0 fully saturated rings. The molecule has 0 N–H and O–H groups in total.